The van der Waals surface area contributed by atoms with Crippen LogP contribution in [0.1, 0.15) is 38.2 Å². The van der Waals surface area contributed by atoms with Gasteiger partial charge in [0.05, 0.1) is 14.1 Å². The van der Waals surface area contributed by atoms with Crippen LogP contribution >= 0.6 is 0 Å². The molecule has 0 bridgehead atoms. The molecule has 0 N–H and O–H groups in total. The summed E-state index contributed by atoms with van der Waals surface area (Å²) in [6, 6.07) is 9.56. The molecule has 2 rings (SSSR count). The van der Waals surface area contributed by atoms with Gasteiger partial charge in [0.2, 0.25) is 0 Å². The molecule has 1 fully saturated rings. The average molecular weight is 334 g/mol. The molecule has 1 aromatic rings. The molecule has 5 heteroatoms. The molecular weight excluding hydrogens is 306 g/mol. The van der Waals surface area contributed by atoms with Crippen LogP contribution in [0.5, 0.6) is 0 Å². The maximum Gasteiger partial charge on any atom is 0.515 e. The zero-order chi connectivity index (χ0) is 17.6. The average Bonchev–Trinajstić information content (AvgIpc) is 3.06. The normalized spacial score (nSPS) is 16.6. The molecule has 1 amide bonds. The largest absolute Gasteiger partial charge is 0.515 e. The highest BCUT2D eigenvalue weighted by atomic mass is 16.6. The van der Waals surface area contributed by atoms with Crippen LogP contribution in [0.4, 0.5) is 4.79 Å². The second-order valence-electron chi connectivity index (χ2n) is 7.15. The van der Waals surface area contributed by atoms with Gasteiger partial charge in [-0.15, -0.1) is 0 Å². The lowest BCUT2D eigenvalue weighted by Crippen LogP contribution is -2.49. The molecule has 0 saturated heterocycles. The van der Waals surface area contributed by atoms with E-state index in [2.05, 4.69) is 0 Å². The van der Waals surface area contributed by atoms with Gasteiger partial charge in [0, 0.05) is 0 Å². The predicted molar refractivity (Wildman–Crippen MR) is 91.1 cm³/mol. The molecule has 1 aliphatic carbocycles. The van der Waals surface area contributed by atoms with Gasteiger partial charge in [-0.05, 0) is 38.2 Å². The highest BCUT2D eigenvalue weighted by Crippen LogP contribution is 2.22. The van der Waals surface area contributed by atoms with Crippen LogP contribution in [0.2, 0.25) is 0 Å². The van der Waals surface area contributed by atoms with Gasteiger partial charge in [-0.25, -0.2) is 4.48 Å². The number of esters is 1. The van der Waals surface area contributed by atoms with E-state index in [1.807, 2.05) is 37.3 Å². The summed E-state index contributed by atoms with van der Waals surface area (Å²) in [6.45, 7) is 2.41. The van der Waals surface area contributed by atoms with Gasteiger partial charge in [-0.1, -0.05) is 30.3 Å². The Morgan fingerprint density at radius 3 is 2.42 bits per heavy atom. The molecule has 24 heavy (non-hydrogen) atoms. The summed E-state index contributed by atoms with van der Waals surface area (Å²) >= 11 is 0. The van der Waals surface area contributed by atoms with Crippen molar-refractivity contribution in [2.24, 2.45) is 5.92 Å². The van der Waals surface area contributed by atoms with Crippen LogP contribution in [0.3, 0.4) is 0 Å². The molecule has 1 aliphatic rings. The number of hydrogen-bond donors (Lipinski definition) is 0. The van der Waals surface area contributed by atoms with Crippen molar-refractivity contribution in [1.29, 1.82) is 0 Å². The quantitative estimate of drug-likeness (QED) is 0.590. The van der Waals surface area contributed by atoms with Crippen molar-refractivity contribution in [3.63, 3.8) is 0 Å². The Morgan fingerprint density at radius 2 is 1.79 bits per heavy atom. The van der Waals surface area contributed by atoms with Crippen LogP contribution < -0.4 is 0 Å². The number of ether oxygens (including phenoxy) is 2. The molecule has 0 aliphatic heterocycles. The fourth-order valence-corrected chi connectivity index (χ4v) is 3.01. The van der Waals surface area contributed by atoms with E-state index in [9.17, 15) is 9.59 Å². The van der Waals surface area contributed by atoms with Gasteiger partial charge in [0.1, 0.15) is 25.2 Å². The van der Waals surface area contributed by atoms with Gasteiger partial charge >= 0.3 is 12.1 Å². The first-order valence-electron chi connectivity index (χ1n) is 8.63. The molecule has 1 unspecified atom stereocenters. The van der Waals surface area contributed by atoms with E-state index in [4.69, 9.17) is 9.47 Å². The minimum Gasteiger partial charge on any atom is -0.462 e. The number of carbonyl (C=O) groups excluding carboxylic acids is 2. The van der Waals surface area contributed by atoms with E-state index < -0.39 is 0 Å². The van der Waals surface area contributed by atoms with Crippen molar-refractivity contribution >= 4 is 12.1 Å². The Morgan fingerprint density at radius 1 is 1.17 bits per heavy atom. The smallest absolute Gasteiger partial charge is 0.462 e. The van der Waals surface area contributed by atoms with Crippen molar-refractivity contribution in [3.05, 3.63) is 35.9 Å². The van der Waals surface area contributed by atoms with Gasteiger partial charge in [0.25, 0.3) is 0 Å². The van der Waals surface area contributed by atoms with Crippen molar-refractivity contribution in [3.8, 4) is 0 Å². The van der Waals surface area contributed by atoms with Gasteiger partial charge in [0.15, 0.2) is 0 Å². The summed E-state index contributed by atoms with van der Waals surface area (Å²) < 4.78 is 10.9. The first-order chi connectivity index (χ1) is 11.4. The topological polar surface area (TPSA) is 52.6 Å². The third-order valence-corrected chi connectivity index (χ3v) is 4.42. The number of benzene rings is 1. The van der Waals surface area contributed by atoms with Gasteiger partial charge < -0.3 is 9.47 Å². The van der Waals surface area contributed by atoms with Crippen LogP contribution in [0, 0.1) is 5.92 Å². The Balaban J connectivity index is 1.81. The summed E-state index contributed by atoms with van der Waals surface area (Å²) in [4.78, 5) is 24.5. The first-order valence-corrected chi connectivity index (χ1v) is 8.63. The highest BCUT2D eigenvalue weighted by molar-refractivity contribution is 5.72. The minimum absolute atomic E-state index is 0.00618. The van der Waals surface area contributed by atoms with Gasteiger partial charge in [-0.3, -0.25) is 4.79 Å². The van der Waals surface area contributed by atoms with Crippen molar-refractivity contribution in [2.75, 3.05) is 20.6 Å². The van der Waals surface area contributed by atoms with Crippen LogP contribution in [-0.2, 0) is 20.9 Å². The van der Waals surface area contributed by atoms with E-state index in [-0.39, 0.29) is 35.2 Å². The second-order valence-corrected chi connectivity index (χ2v) is 7.15. The number of hydrogen-bond acceptors (Lipinski definition) is 4. The lowest BCUT2D eigenvalue weighted by atomic mass is 10.1. The molecule has 1 saturated carbocycles. The Labute approximate surface area is 144 Å². The number of carbonyl (C=O) groups is 2. The molecule has 0 heterocycles. The first kappa shape index (κ1) is 18.5. The fraction of sp³-hybridized carbons (Fsp3) is 0.579. The van der Waals surface area contributed by atoms with Crippen molar-refractivity contribution in [1.82, 2.24) is 0 Å². The molecule has 0 radical (unpaired) electrons. The maximum atomic E-state index is 12.3. The Hall–Kier alpha value is -1.88. The fourth-order valence-electron chi connectivity index (χ4n) is 3.01. The monoisotopic (exact) mass is 334 g/mol. The summed E-state index contributed by atoms with van der Waals surface area (Å²) in [5.41, 5.74) is 0.944. The van der Waals surface area contributed by atoms with E-state index in [0.717, 1.165) is 31.2 Å². The Kier molecular flexibility index (Phi) is 6.37. The standard InChI is InChI=1S/C19H28NO4/c1-15(18(21)24-17-11-7-8-12-17)13-20(2,3)19(22)23-14-16-9-5-4-6-10-16/h4-6,9-10,15,17H,7-8,11-14H2,1-3H3/q+1. The molecular formula is C19H28NO4+. The summed E-state index contributed by atoms with van der Waals surface area (Å²) in [5.74, 6) is -0.561. The number of rotatable bonds is 6. The molecule has 5 nitrogen and oxygen atoms in total. The molecule has 0 spiro atoms. The lowest BCUT2D eigenvalue weighted by Gasteiger charge is -2.28. The second kappa shape index (κ2) is 8.29. The summed E-state index contributed by atoms with van der Waals surface area (Å²) in [5, 5.41) is 0. The zero-order valence-corrected chi connectivity index (χ0v) is 14.9. The molecule has 1 aromatic carbocycles. The van der Waals surface area contributed by atoms with Crippen molar-refractivity contribution < 1.29 is 23.5 Å². The van der Waals surface area contributed by atoms with E-state index in [1.165, 1.54) is 0 Å². The summed E-state index contributed by atoms with van der Waals surface area (Å²) in [7, 11) is 3.51. The van der Waals surface area contributed by atoms with Crippen LogP contribution in [-0.4, -0.2) is 43.3 Å². The Bertz CT molecular complexity index is 550. The lowest BCUT2D eigenvalue weighted by molar-refractivity contribution is -0.819. The van der Waals surface area contributed by atoms with E-state index in [1.54, 1.807) is 14.1 Å². The number of nitrogens with zero attached hydrogens (tertiary/aromatic N) is 1. The van der Waals surface area contributed by atoms with Crippen LogP contribution in [0.15, 0.2) is 30.3 Å². The number of quaternary nitrogens is 1. The summed E-state index contributed by atoms with van der Waals surface area (Å²) in [6.07, 6.45) is 3.87. The molecule has 1 atom stereocenters. The molecule has 0 aromatic heterocycles. The predicted octanol–water partition coefficient (Wildman–Crippen LogP) is 3.52. The van der Waals surface area contributed by atoms with Crippen molar-refractivity contribution in [2.45, 2.75) is 45.3 Å². The van der Waals surface area contributed by atoms with E-state index in [0.29, 0.717) is 6.54 Å². The SMILES string of the molecule is CC(C[N+](C)(C)C(=O)OCc1ccccc1)C(=O)OC1CCCC1. The van der Waals surface area contributed by atoms with E-state index >= 15 is 0 Å². The zero-order valence-electron chi connectivity index (χ0n) is 14.9. The van der Waals surface area contributed by atoms with Gasteiger partial charge in [-0.2, -0.15) is 4.79 Å². The number of amides is 1. The third kappa shape index (κ3) is 5.34. The third-order valence-electron chi connectivity index (χ3n) is 4.42. The molecule has 132 valence electrons. The highest BCUT2D eigenvalue weighted by Gasteiger charge is 2.34. The minimum atomic E-state index is -0.348. The maximum absolute atomic E-state index is 12.3. The van der Waals surface area contributed by atoms with Crippen LogP contribution in [0.25, 0.3) is 0 Å².